The molecule has 2 aliphatic rings. The van der Waals surface area contributed by atoms with Crippen molar-refractivity contribution < 1.29 is 18.7 Å². The van der Waals surface area contributed by atoms with Gasteiger partial charge in [-0.2, -0.15) is 5.26 Å². The second-order valence-corrected chi connectivity index (χ2v) is 7.64. The number of hydrogen-bond acceptors (Lipinski definition) is 6. The number of carbonyl (C=O) groups is 1. The van der Waals surface area contributed by atoms with E-state index in [-0.39, 0.29) is 18.2 Å². The van der Waals surface area contributed by atoms with Gasteiger partial charge in [-0.05, 0) is 30.3 Å². The van der Waals surface area contributed by atoms with Crippen molar-refractivity contribution in [2.75, 3.05) is 37.9 Å². The van der Waals surface area contributed by atoms with E-state index in [0.717, 1.165) is 0 Å². The molecule has 1 saturated heterocycles. The first-order valence-corrected chi connectivity index (χ1v) is 10.1. The lowest BCUT2D eigenvalue weighted by Gasteiger charge is -2.37. The third-order valence-corrected chi connectivity index (χ3v) is 5.83. The summed E-state index contributed by atoms with van der Waals surface area (Å²) in [4.78, 5) is 20.7. The van der Waals surface area contributed by atoms with Crippen molar-refractivity contribution in [2.24, 2.45) is 0 Å². The highest BCUT2D eigenvalue weighted by Gasteiger charge is 2.27. The molecule has 0 N–H and O–H groups in total. The molecule has 7 nitrogen and oxygen atoms in total. The van der Waals surface area contributed by atoms with Gasteiger partial charge in [-0.1, -0.05) is 11.6 Å². The molecule has 1 amide bonds. The van der Waals surface area contributed by atoms with Crippen molar-refractivity contribution in [1.29, 1.82) is 5.26 Å². The Bertz CT molecular complexity index is 1250. The van der Waals surface area contributed by atoms with E-state index in [1.807, 2.05) is 4.90 Å². The molecule has 3 heterocycles. The normalized spacial score (nSPS) is 15.3. The smallest absolute Gasteiger partial charge is 0.254 e. The summed E-state index contributed by atoms with van der Waals surface area (Å²) in [6, 6.07) is 9.97. The van der Waals surface area contributed by atoms with E-state index in [1.165, 1.54) is 18.3 Å². The van der Waals surface area contributed by atoms with Crippen LogP contribution in [0.1, 0.15) is 15.9 Å². The lowest BCUT2D eigenvalue weighted by atomic mass is 10.1. The largest absolute Gasteiger partial charge is 0.454 e. The molecular formula is C22H16ClFN4O3. The topological polar surface area (TPSA) is 78.7 Å². The second-order valence-electron chi connectivity index (χ2n) is 7.23. The lowest BCUT2D eigenvalue weighted by Crippen LogP contribution is -2.49. The van der Waals surface area contributed by atoms with Crippen molar-refractivity contribution in [3.63, 3.8) is 0 Å². The number of pyridine rings is 1. The van der Waals surface area contributed by atoms with Crippen molar-refractivity contribution in [2.45, 2.75) is 0 Å². The Morgan fingerprint density at radius 1 is 1.13 bits per heavy atom. The molecule has 0 unspecified atom stereocenters. The van der Waals surface area contributed by atoms with Crippen LogP contribution in [0, 0.1) is 17.1 Å². The van der Waals surface area contributed by atoms with Crippen LogP contribution in [0.15, 0.2) is 36.5 Å². The molecule has 0 aliphatic carbocycles. The van der Waals surface area contributed by atoms with Gasteiger partial charge in [-0.25, -0.2) is 4.39 Å². The Labute approximate surface area is 182 Å². The first-order chi connectivity index (χ1) is 15.1. The van der Waals surface area contributed by atoms with Crippen molar-refractivity contribution in [3.8, 4) is 17.6 Å². The molecule has 3 aromatic rings. The van der Waals surface area contributed by atoms with E-state index in [9.17, 15) is 14.4 Å². The summed E-state index contributed by atoms with van der Waals surface area (Å²) in [5.41, 5.74) is 1.51. The fourth-order valence-electron chi connectivity index (χ4n) is 3.97. The van der Waals surface area contributed by atoms with Gasteiger partial charge in [0.1, 0.15) is 17.4 Å². The van der Waals surface area contributed by atoms with Crippen molar-refractivity contribution in [3.05, 3.63) is 58.5 Å². The zero-order valence-electron chi connectivity index (χ0n) is 16.3. The number of benzene rings is 2. The average Bonchev–Trinajstić information content (AvgIpc) is 3.28. The fourth-order valence-corrected chi connectivity index (χ4v) is 4.22. The number of anilines is 1. The molecule has 31 heavy (non-hydrogen) atoms. The Morgan fingerprint density at radius 2 is 1.90 bits per heavy atom. The number of amides is 1. The van der Waals surface area contributed by atoms with Crippen LogP contribution in [-0.4, -0.2) is 48.8 Å². The van der Waals surface area contributed by atoms with E-state index in [0.29, 0.717) is 64.9 Å². The van der Waals surface area contributed by atoms with Crippen LogP contribution in [0.25, 0.3) is 10.9 Å². The number of hydrogen-bond donors (Lipinski definition) is 0. The number of aromatic nitrogens is 1. The molecule has 0 bridgehead atoms. The third-order valence-electron chi connectivity index (χ3n) is 5.52. The van der Waals surface area contributed by atoms with E-state index in [4.69, 9.17) is 21.1 Å². The average molecular weight is 439 g/mol. The Hall–Kier alpha value is -3.57. The zero-order valence-corrected chi connectivity index (χ0v) is 17.0. The highest BCUT2D eigenvalue weighted by molar-refractivity contribution is 6.36. The Kier molecular flexibility index (Phi) is 4.75. The maximum Gasteiger partial charge on any atom is 0.254 e. The molecule has 0 saturated carbocycles. The van der Waals surface area contributed by atoms with E-state index < -0.39 is 5.82 Å². The Balaban J connectivity index is 1.41. The molecule has 5 rings (SSSR count). The Morgan fingerprint density at radius 3 is 2.68 bits per heavy atom. The van der Waals surface area contributed by atoms with Crippen LogP contribution < -0.4 is 14.4 Å². The van der Waals surface area contributed by atoms with E-state index >= 15 is 0 Å². The molecule has 156 valence electrons. The van der Waals surface area contributed by atoms with E-state index in [2.05, 4.69) is 11.1 Å². The van der Waals surface area contributed by atoms with Crippen LogP contribution in [0.5, 0.6) is 11.5 Å². The second kappa shape index (κ2) is 7.60. The molecule has 0 spiro atoms. The molecule has 2 aromatic carbocycles. The fraction of sp³-hybridized carbons (Fsp3) is 0.227. The maximum absolute atomic E-state index is 14.3. The predicted octanol–water partition coefficient (Wildman–Crippen LogP) is 3.59. The lowest BCUT2D eigenvalue weighted by molar-refractivity contribution is 0.0746. The number of fused-ring (bicyclic) bond motifs is 2. The van der Waals surface area contributed by atoms with Crippen LogP contribution in [0.3, 0.4) is 0 Å². The number of rotatable bonds is 2. The highest BCUT2D eigenvalue weighted by atomic mass is 35.5. The summed E-state index contributed by atoms with van der Waals surface area (Å²) in [5.74, 6) is 0.575. The monoisotopic (exact) mass is 438 g/mol. The minimum absolute atomic E-state index is 0.109. The number of piperazine rings is 1. The van der Waals surface area contributed by atoms with Gasteiger partial charge in [-0.3, -0.25) is 9.78 Å². The van der Waals surface area contributed by atoms with Gasteiger partial charge in [0.15, 0.2) is 11.5 Å². The van der Waals surface area contributed by atoms with Crippen molar-refractivity contribution >= 4 is 34.1 Å². The van der Waals surface area contributed by atoms with Crippen LogP contribution >= 0.6 is 11.6 Å². The summed E-state index contributed by atoms with van der Waals surface area (Å²) in [7, 11) is 0. The van der Waals surface area contributed by atoms with Crippen LogP contribution in [-0.2, 0) is 0 Å². The molecule has 1 aromatic heterocycles. The van der Waals surface area contributed by atoms with E-state index in [1.54, 1.807) is 23.1 Å². The van der Waals surface area contributed by atoms with Crippen LogP contribution in [0.4, 0.5) is 10.1 Å². The molecule has 0 atom stereocenters. The summed E-state index contributed by atoms with van der Waals surface area (Å²) < 4.78 is 25.0. The number of halogens is 2. The molecule has 9 heteroatoms. The maximum atomic E-state index is 14.3. The number of carbonyl (C=O) groups excluding carboxylic acids is 1. The molecular weight excluding hydrogens is 423 g/mol. The number of nitrogens with zero attached hydrogens (tertiary/aromatic N) is 4. The summed E-state index contributed by atoms with van der Waals surface area (Å²) >= 11 is 6.36. The van der Waals surface area contributed by atoms with Gasteiger partial charge >= 0.3 is 0 Å². The minimum atomic E-state index is -0.498. The summed E-state index contributed by atoms with van der Waals surface area (Å²) in [6.07, 6.45) is 1.36. The number of ether oxygens (including phenoxy) is 2. The first kappa shape index (κ1) is 19.4. The van der Waals surface area contributed by atoms with Gasteiger partial charge in [0.25, 0.3) is 5.91 Å². The number of nitriles is 1. The summed E-state index contributed by atoms with van der Waals surface area (Å²) in [6.45, 7) is 1.97. The van der Waals surface area contributed by atoms with Gasteiger partial charge in [0.05, 0.1) is 16.3 Å². The predicted molar refractivity (Wildman–Crippen MR) is 112 cm³/mol. The van der Waals surface area contributed by atoms with Gasteiger partial charge in [0, 0.05) is 43.3 Å². The van der Waals surface area contributed by atoms with Gasteiger partial charge in [-0.15, -0.1) is 0 Å². The zero-order chi connectivity index (χ0) is 21.5. The third kappa shape index (κ3) is 3.27. The minimum Gasteiger partial charge on any atom is -0.454 e. The SMILES string of the molecule is N#Cc1cnc2c(F)ccc(Cl)c2c1N1CCN(C(=O)c2ccc3c(c2)OCO3)CC1. The highest BCUT2D eigenvalue weighted by Crippen LogP contribution is 2.37. The first-order valence-electron chi connectivity index (χ1n) is 9.67. The molecule has 0 radical (unpaired) electrons. The van der Waals surface area contributed by atoms with Crippen LogP contribution in [0.2, 0.25) is 5.02 Å². The standard InChI is InChI=1S/C22H16ClFN4O3/c23-15-2-3-16(24)20-19(15)21(14(10-25)11-26-20)27-5-7-28(8-6-27)22(29)13-1-4-17-18(9-13)31-12-30-17/h1-4,9,11H,5-8,12H2. The van der Waals surface area contributed by atoms with Crippen molar-refractivity contribution in [1.82, 2.24) is 9.88 Å². The van der Waals surface area contributed by atoms with Gasteiger partial charge in [0.2, 0.25) is 6.79 Å². The van der Waals surface area contributed by atoms with Gasteiger partial charge < -0.3 is 19.3 Å². The molecule has 2 aliphatic heterocycles. The quantitative estimate of drug-likeness (QED) is 0.608. The summed E-state index contributed by atoms with van der Waals surface area (Å²) in [5, 5.41) is 10.3. The molecule has 1 fully saturated rings.